The molecular formula is C20H27BO5S. The predicted molar refractivity (Wildman–Crippen MR) is 108 cm³/mol. The first-order chi connectivity index (χ1) is 12.8. The number of phenols is 1. The fourth-order valence-corrected chi connectivity index (χ4v) is 6.34. The van der Waals surface area contributed by atoms with Gasteiger partial charge in [-0.15, -0.1) is 0 Å². The average Bonchev–Trinajstić information content (AvgIpc) is 2.83. The number of rotatable bonds is 6. The molecule has 3 rings (SSSR count). The zero-order valence-electron chi connectivity index (χ0n) is 15.9. The van der Waals surface area contributed by atoms with Crippen molar-refractivity contribution in [1.29, 1.82) is 0 Å². The molecule has 0 amide bonds. The van der Waals surface area contributed by atoms with Crippen LogP contribution in [-0.2, 0) is 14.5 Å². The number of hydrogen-bond acceptors (Lipinski definition) is 5. The zero-order chi connectivity index (χ0) is 19.6. The maximum Gasteiger partial charge on any atom is 0.456 e. The summed E-state index contributed by atoms with van der Waals surface area (Å²) in [5.41, 5.74) is 3.66. The topological polar surface area (TPSA) is 83.8 Å². The molecule has 2 atom stereocenters. The normalized spacial score (nSPS) is 25.0. The Morgan fingerprint density at radius 1 is 1.33 bits per heavy atom. The van der Waals surface area contributed by atoms with E-state index in [1.807, 2.05) is 25.1 Å². The lowest BCUT2D eigenvalue weighted by molar-refractivity contribution is 0.169. The Hall–Kier alpha value is -1.57. The quantitative estimate of drug-likeness (QED) is 0.575. The first kappa shape index (κ1) is 20.2. The van der Waals surface area contributed by atoms with E-state index in [1.165, 1.54) is 5.57 Å². The summed E-state index contributed by atoms with van der Waals surface area (Å²) < 4.78 is 30.5. The second kappa shape index (κ2) is 8.21. The molecule has 146 valence electrons. The summed E-state index contributed by atoms with van der Waals surface area (Å²) in [7, 11) is -4.27. The summed E-state index contributed by atoms with van der Waals surface area (Å²) >= 11 is 0. The Morgan fingerprint density at radius 3 is 2.78 bits per heavy atom. The minimum Gasteiger partial charge on any atom is -0.507 e. The van der Waals surface area contributed by atoms with Crippen LogP contribution in [0.5, 0.6) is 5.75 Å². The van der Waals surface area contributed by atoms with Crippen LogP contribution in [0.4, 0.5) is 0 Å². The van der Waals surface area contributed by atoms with Gasteiger partial charge in [-0.3, -0.25) is 0 Å². The van der Waals surface area contributed by atoms with Crippen LogP contribution >= 0.6 is 0 Å². The van der Waals surface area contributed by atoms with Gasteiger partial charge in [-0.2, -0.15) is 0 Å². The summed E-state index contributed by atoms with van der Waals surface area (Å²) in [5.74, 6) is 0.311. The number of para-hydroxylation sites is 1. The maximum atomic E-state index is 12.4. The van der Waals surface area contributed by atoms with Gasteiger partial charge in [0.25, 0.3) is 0 Å². The van der Waals surface area contributed by atoms with Crippen molar-refractivity contribution in [3.8, 4) is 5.75 Å². The molecule has 0 unspecified atom stereocenters. The Morgan fingerprint density at radius 2 is 2.07 bits per heavy atom. The molecular weight excluding hydrogens is 363 g/mol. The number of benzene rings is 1. The van der Waals surface area contributed by atoms with E-state index in [1.54, 1.807) is 12.1 Å². The minimum absolute atomic E-state index is 0.0646. The van der Waals surface area contributed by atoms with Crippen molar-refractivity contribution in [2.75, 3.05) is 5.75 Å². The van der Waals surface area contributed by atoms with Gasteiger partial charge in [-0.1, -0.05) is 48.8 Å². The molecule has 2 aliphatic rings. The first-order valence-electron chi connectivity index (χ1n) is 9.54. The van der Waals surface area contributed by atoms with Gasteiger partial charge in [0.15, 0.2) is 9.84 Å². The smallest absolute Gasteiger partial charge is 0.456 e. The summed E-state index contributed by atoms with van der Waals surface area (Å²) in [4.78, 5) is 0. The lowest BCUT2D eigenvalue weighted by Crippen LogP contribution is -2.41. The van der Waals surface area contributed by atoms with Crippen molar-refractivity contribution in [3.63, 3.8) is 0 Å². The van der Waals surface area contributed by atoms with Gasteiger partial charge in [0.2, 0.25) is 0 Å². The standard InChI is InChI=1S/C20H27BO5S/c1-3-6-15(11-16-7-4-5-8-17(16)22)9-10-18-20-14(2)13-27(24,25)19(20)12-21(23)26-18/h4-5,7-8,11,18-19,22-23H,3,6,9-10,12-13H2,1-2H3/b15-11+/t18-,19+/m1/s1. The average molecular weight is 390 g/mol. The van der Waals surface area contributed by atoms with E-state index in [4.69, 9.17) is 4.65 Å². The van der Waals surface area contributed by atoms with Gasteiger partial charge >= 0.3 is 7.12 Å². The predicted octanol–water partition coefficient (Wildman–Crippen LogP) is 3.35. The van der Waals surface area contributed by atoms with Crippen molar-refractivity contribution in [3.05, 3.63) is 46.5 Å². The van der Waals surface area contributed by atoms with Crippen LogP contribution < -0.4 is 0 Å². The van der Waals surface area contributed by atoms with Gasteiger partial charge in [0.1, 0.15) is 5.75 Å². The zero-order valence-corrected chi connectivity index (χ0v) is 16.7. The maximum absolute atomic E-state index is 12.4. The Bertz CT molecular complexity index is 859. The molecule has 0 radical (unpaired) electrons. The van der Waals surface area contributed by atoms with Crippen LogP contribution in [0.1, 0.15) is 45.1 Å². The number of hydrogen-bond donors (Lipinski definition) is 2. The van der Waals surface area contributed by atoms with Gasteiger partial charge < -0.3 is 14.8 Å². The highest BCUT2D eigenvalue weighted by Gasteiger charge is 2.47. The third-order valence-corrected chi connectivity index (χ3v) is 7.52. The number of allylic oxidation sites excluding steroid dienone is 1. The van der Waals surface area contributed by atoms with E-state index in [2.05, 4.69) is 6.92 Å². The van der Waals surface area contributed by atoms with E-state index in [-0.39, 0.29) is 23.9 Å². The third kappa shape index (κ3) is 4.47. The molecule has 2 heterocycles. The van der Waals surface area contributed by atoms with Crippen molar-refractivity contribution in [2.24, 2.45) is 0 Å². The van der Waals surface area contributed by atoms with Gasteiger partial charge in [-0.05, 0) is 37.8 Å². The van der Waals surface area contributed by atoms with E-state index in [9.17, 15) is 18.5 Å². The molecule has 0 saturated carbocycles. The van der Waals surface area contributed by atoms with Crippen LogP contribution in [0.3, 0.4) is 0 Å². The van der Waals surface area contributed by atoms with E-state index < -0.39 is 22.2 Å². The summed E-state index contributed by atoms with van der Waals surface area (Å²) in [6.07, 6.45) is 4.97. The highest BCUT2D eigenvalue weighted by molar-refractivity contribution is 7.92. The largest absolute Gasteiger partial charge is 0.507 e. The minimum atomic E-state index is -3.23. The molecule has 5 nitrogen and oxygen atoms in total. The molecule has 1 aromatic rings. The molecule has 7 heteroatoms. The molecule has 0 spiro atoms. The second-order valence-corrected chi connectivity index (χ2v) is 9.68. The van der Waals surface area contributed by atoms with Crippen molar-refractivity contribution >= 4 is 23.0 Å². The molecule has 1 aromatic carbocycles. The van der Waals surface area contributed by atoms with E-state index in [0.29, 0.717) is 6.42 Å². The SMILES string of the molecule is CCC/C(=C\c1ccccc1O)CC[C@H]1OB(O)C[C@H]2C1=C(C)CS2(=O)=O. The third-order valence-electron chi connectivity index (χ3n) is 5.37. The fraction of sp³-hybridized carbons (Fsp3) is 0.500. The Kier molecular flexibility index (Phi) is 6.13. The second-order valence-electron chi connectivity index (χ2n) is 7.50. The van der Waals surface area contributed by atoms with Crippen LogP contribution in [0.15, 0.2) is 41.0 Å². The fourth-order valence-electron chi connectivity index (χ4n) is 4.17. The lowest BCUT2D eigenvalue weighted by Gasteiger charge is -2.32. The van der Waals surface area contributed by atoms with Gasteiger partial charge in [0, 0.05) is 11.9 Å². The van der Waals surface area contributed by atoms with Crippen molar-refractivity contribution < 1.29 is 23.2 Å². The number of aromatic hydroxyl groups is 1. The molecule has 1 fully saturated rings. The summed E-state index contributed by atoms with van der Waals surface area (Å²) in [5, 5.41) is 19.4. The highest BCUT2D eigenvalue weighted by Crippen LogP contribution is 2.39. The molecule has 0 bridgehead atoms. The van der Waals surface area contributed by atoms with E-state index in [0.717, 1.165) is 36.0 Å². The van der Waals surface area contributed by atoms with Crippen LogP contribution in [0.25, 0.3) is 6.08 Å². The molecule has 27 heavy (non-hydrogen) atoms. The van der Waals surface area contributed by atoms with Crippen LogP contribution in [-0.4, -0.2) is 42.8 Å². The first-order valence-corrected chi connectivity index (χ1v) is 11.3. The Balaban J connectivity index is 1.79. The Labute approximate surface area is 161 Å². The van der Waals surface area contributed by atoms with Crippen LogP contribution in [0.2, 0.25) is 6.32 Å². The molecule has 1 saturated heterocycles. The number of sulfone groups is 1. The van der Waals surface area contributed by atoms with Gasteiger partial charge in [0.05, 0.1) is 17.1 Å². The van der Waals surface area contributed by atoms with Crippen molar-refractivity contribution in [1.82, 2.24) is 0 Å². The number of fused-ring (bicyclic) bond motifs is 1. The summed E-state index contributed by atoms with van der Waals surface area (Å²) in [6.45, 7) is 3.96. The highest BCUT2D eigenvalue weighted by atomic mass is 32.2. The number of phenolic OH excluding ortho intramolecular Hbond substituents is 1. The van der Waals surface area contributed by atoms with Gasteiger partial charge in [-0.25, -0.2) is 8.42 Å². The van der Waals surface area contributed by atoms with Crippen LogP contribution in [0, 0.1) is 0 Å². The van der Waals surface area contributed by atoms with E-state index >= 15 is 0 Å². The summed E-state index contributed by atoms with van der Waals surface area (Å²) in [6, 6.07) is 7.22. The molecule has 2 aliphatic heterocycles. The molecule has 0 aromatic heterocycles. The molecule has 0 aliphatic carbocycles. The molecule has 2 N–H and O–H groups in total. The monoisotopic (exact) mass is 390 g/mol. The van der Waals surface area contributed by atoms with Crippen molar-refractivity contribution in [2.45, 2.75) is 57.2 Å². The lowest BCUT2D eigenvalue weighted by atomic mass is 9.74.